The van der Waals surface area contributed by atoms with Gasteiger partial charge in [0.15, 0.2) is 5.78 Å². The molecular formula is C18H14N2O. The Morgan fingerprint density at radius 2 is 1.76 bits per heavy atom. The van der Waals surface area contributed by atoms with E-state index in [0.717, 1.165) is 11.9 Å². The molecule has 102 valence electrons. The normalized spacial score (nSPS) is 20.4. The molecule has 1 fully saturated rings. The minimum absolute atomic E-state index is 0.0833. The van der Waals surface area contributed by atoms with Crippen molar-refractivity contribution < 1.29 is 4.79 Å². The molecule has 0 spiro atoms. The van der Waals surface area contributed by atoms with Gasteiger partial charge in [0.1, 0.15) is 0 Å². The summed E-state index contributed by atoms with van der Waals surface area (Å²) in [6.45, 7) is 0. The molecule has 1 aliphatic rings. The molecular weight excluding hydrogens is 260 g/mol. The van der Waals surface area contributed by atoms with Gasteiger partial charge in [-0.05, 0) is 30.0 Å². The fourth-order valence-corrected chi connectivity index (χ4v) is 2.94. The van der Waals surface area contributed by atoms with Gasteiger partial charge in [0.25, 0.3) is 0 Å². The lowest BCUT2D eigenvalue weighted by atomic mass is 10.0. The third-order valence-corrected chi connectivity index (χ3v) is 4.12. The van der Waals surface area contributed by atoms with Crippen LogP contribution in [-0.2, 0) is 0 Å². The van der Waals surface area contributed by atoms with E-state index in [1.54, 1.807) is 12.4 Å². The van der Waals surface area contributed by atoms with Crippen LogP contribution in [0.4, 0.5) is 0 Å². The molecule has 3 heteroatoms. The highest BCUT2D eigenvalue weighted by molar-refractivity contribution is 6.08. The van der Waals surface area contributed by atoms with Gasteiger partial charge in [-0.15, -0.1) is 0 Å². The fourth-order valence-electron chi connectivity index (χ4n) is 2.94. The van der Waals surface area contributed by atoms with Gasteiger partial charge in [-0.25, -0.2) is 0 Å². The Kier molecular flexibility index (Phi) is 2.78. The van der Waals surface area contributed by atoms with Gasteiger partial charge >= 0.3 is 0 Å². The molecule has 2 unspecified atom stereocenters. The average molecular weight is 274 g/mol. The summed E-state index contributed by atoms with van der Waals surface area (Å²) in [5.74, 6) is 0.626. The minimum Gasteiger partial charge on any atom is -0.294 e. The van der Waals surface area contributed by atoms with Gasteiger partial charge in [0.2, 0.25) is 0 Å². The Morgan fingerprint density at radius 1 is 0.952 bits per heavy atom. The van der Waals surface area contributed by atoms with Gasteiger partial charge < -0.3 is 0 Å². The monoisotopic (exact) mass is 274 g/mol. The van der Waals surface area contributed by atoms with Crippen molar-refractivity contribution in [3.05, 3.63) is 72.1 Å². The zero-order valence-electron chi connectivity index (χ0n) is 11.4. The third kappa shape index (κ3) is 2.11. The van der Waals surface area contributed by atoms with E-state index in [4.69, 9.17) is 0 Å². The number of nitrogens with zero attached hydrogens (tertiary/aromatic N) is 2. The van der Waals surface area contributed by atoms with Gasteiger partial charge in [0.05, 0.1) is 11.0 Å². The van der Waals surface area contributed by atoms with Gasteiger partial charge in [-0.1, -0.05) is 36.4 Å². The van der Waals surface area contributed by atoms with Gasteiger partial charge in [0, 0.05) is 23.9 Å². The average Bonchev–Trinajstić information content (AvgIpc) is 3.35. The Hall–Kier alpha value is -2.55. The minimum atomic E-state index is 0.0833. The smallest absolute Gasteiger partial charge is 0.168 e. The summed E-state index contributed by atoms with van der Waals surface area (Å²) < 4.78 is 0. The fraction of sp³-hybridized carbons (Fsp3) is 0.167. The molecule has 21 heavy (non-hydrogen) atoms. The van der Waals surface area contributed by atoms with Crippen LogP contribution in [0.3, 0.4) is 0 Å². The Balaban J connectivity index is 1.67. The van der Waals surface area contributed by atoms with Crippen molar-refractivity contribution in [2.75, 3.05) is 0 Å². The van der Waals surface area contributed by atoms with Crippen molar-refractivity contribution in [3.8, 4) is 0 Å². The standard InChI is InChI=1S/C18H14N2O/c21-18(15-11-14(15)12-5-2-1-3-6-12)13-7-4-8-16-17(13)20-10-9-19-16/h1-10,14-15H,11H2. The number of carbonyl (C=O) groups is 1. The van der Waals surface area contributed by atoms with Crippen LogP contribution in [0.25, 0.3) is 11.0 Å². The predicted molar refractivity (Wildman–Crippen MR) is 81.2 cm³/mol. The largest absolute Gasteiger partial charge is 0.294 e. The van der Waals surface area contributed by atoms with Crippen LogP contribution in [-0.4, -0.2) is 15.8 Å². The summed E-state index contributed by atoms with van der Waals surface area (Å²) in [5.41, 5.74) is 3.44. The van der Waals surface area contributed by atoms with Gasteiger partial charge in [-0.2, -0.15) is 0 Å². The lowest BCUT2D eigenvalue weighted by Gasteiger charge is -2.04. The number of rotatable bonds is 3. The highest BCUT2D eigenvalue weighted by atomic mass is 16.1. The summed E-state index contributed by atoms with van der Waals surface area (Å²) in [7, 11) is 0. The summed E-state index contributed by atoms with van der Waals surface area (Å²) in [6, 6.07) is 15.9. The number of benzene rings is 2. The van der Waals surface area contributed by atoms with Crippen LogP contribution in [0.1, 0.15) is 28.3 Å². The number of Topliss-reactive ketones (excluding diaryl/α,β-unsaturated/α-hetero) is 1. The highest BCUT2D eigenvalue weighted by Gasteiger charge is 2.44. The first-order valence-electron chi connectivity index (χ1n) is 7.13. The van der Waals surface area contributed by atoms with Crippen LogP contribution >= 0.6 is 0 Å². The van der Waals surface area contributed by atoms with Crippen molar-refractivity contribution in [1.29, 1.82) is 0 Å². The molecule has 0 bridgehead atoms. The van der Waals surface area contributed by atoms with E-state index >= 15 is 0 Å². The van der Waals surface area contributed by atoms with Crippen molar-refractivity contribution >= 4 is 16.8 Å². The Bertz CT molecular complexity index is 808. The number of para-hydroxylation sites is 1. The molecule has 0 N–H and O–H groups in total. The second-order valence-electron chi connectivity index (χ2n) is 5.45. The van der Waals surface area contributed by atoms with E-state index < -0.39 is 0 Å². The first-order chi connectivity index (χ1) is 10.3. The maximum Gasteiger partial charge on any atom is 0.168 e. The molecule has 4 rings (SSSR count). The number of hydrogen-bond donors (Lipinski definition) is 0. The van der Waals surface area contributed by atoms with Crippen molar-refractivity contribution in [3.63, 3.8) is 0 Å². The summed E-state index contributed by atoms with van der Waals surface area (Å²) >= 11 is 0. The van der Waals surface area contributed by atoms with Crippen LogP contribution in [0.5, 0.6) is 0 Å². The molecule has 0 radical (unpaired) electrons. The second kappa shape index (κ2) is 4.77. The molecule has 1 aliphatic carbocycles. The van der Waals surface area contributed by atoms with Crippen molar-refractivity contribution in [2.24, 2.45) is 5.92 Å². The number of ketones is 1. The summed E-state index contributed by atoms with van der Waals surface area (Å²) in [5, 5.41) is 0. The second-order valence-corrected chi connectivity index (χ2v) is 5.45. The zero-order valence-corrected chi connectivity index (χ0v) is 11.4. The molecule has 1 aromatic heterocycles. The molecule has 0 amide bonds. The zero-order chi connectivity index (χ0) is 14.2. The van der Waals surface area contributed by atoms with E-state index in [2.05, 4.69) is 22.1 Å². The summed E-state index contributed by atoms with van der Waals surface area (Å²) in [6.07, 6.45) is 4.22. The molecule has 3 nitrogen and oxygen atoms in total. The van der Waals surface area contributed by atoms with Crippen LogP contribution in [0.15, 0.2) is 60.9 Å². The van der Waals surface area contributed by atoms with Crippen LogP contribution in [0, 0.1) is 5.92 Å². The lowest BCUT2D eigenvalue weighted by molar-refractivity contribution is 0.0966. The predicted octanol–water partition coefficient (Wildman–Crippen LogP) is 3.62. The van der Waals surface area contributed by atoms with E-state index in [9.17, 15) is 4.79 Å². The molecule has 1 heterocycles. The quantitative estimate of drug-likeness (QED) is 0.685. The Morgan fingerprint density at radius 3 is 2.62 bits per heavy atom. The SMILES string of the molecule is O=C(c1cccc2nccnc12)C1CC1c1ccccc1. The maximum atomic E-state index is 12.7. The number of aromatic nitrogens is 2. The molecule has 0 aliphatic heterocycles. The number of hydrogen-bond acceptors (Lipinski definition) is 3. The molecule has 2 atom stereocenters. The maximum absolute atomic E-state index is 12.7. The molecule has 2 aromatic carbocycles. The molecule has 3 aromatic rings. The van der Waals surface area contributed by atoms with Crippen LogP contribution < -0.4 is 0 Å². The van der Waals surface area contributed by atoms with E-state index in [-0.39, 0.29) is 11.7 Å². The molecule has 1 saturated carbocycles. The highest BCUT2D eigenvalue weighted by Crippen LogP contribution is 2.49. The van der Waals surface area contributed by atoms with Crippen molar-refractivity contribution in [2.45, 2.75) is 12.3 Å². The Labute approximate surface area is 122 Å². The van der Waals surface area contributed by atoms with E-state index in [1.165, 1.54) is 5.56 Å². The first kappa shape index (κ1) is 12.2. The van der Waals surface area contributed by atoms with Gasteiger partial charge in [-0.3, -0.25) is 14.8 Å². The molecule has 0 saturated heterocycles. The number of carbonyl (C=O) groups excluding carboxylic acids is 1. The van der Waals surface area contributed by atoms with Crippen molar-refractivity contribution in [1.82, 2.24) is 9.97 Å². The van der Waals surface area contributed by atoms with E-state index in [0.29, 0.717) is 17.0 Å². The topological polar surface area (TPSA) is 42.9 Å². The third-order valence-electron chi connectivity index (χ3n) is 4.12. The van der Waals surface area contributed by atoms with Crippen LogP contribution in [0.2, 0.25) is 0 Å². The first-order valence-corrected chi connectivity index (χ1v) is 7.13. The summed E-state index contributed by atoms with van der Waals surface area (Å²) in [4.78, 5) is 21.3. The lowest BCUT2D eigenvalue weighted by Crippen LogP contribution is -2.05. The number of fused-ring (bicyclic) bond motifs is 1. The van der Waals surface area contributed by atoms with E-state index in [1.807, 2.05) is 36.4 Å².